The van der Waals surface area contributed by atoms with Crippen LogP contribution in [0.5, 0.6) is 0 Å². The van der Waals surface area contributed by atoms with Gasteiger partial charge in [0.05, 0.1) is 0 Å². The van der Waals surface area contributed by atoms with Crippen molar-refractivity contribution in [3.05, 3.63) is 29.8 Å². The first-order valence-electron chi connectivity index (χ1n) is 12.3. The molecule has 1 aromatic rings. The lowest BCUT2D eigenvalue weighted by atomic mass is 9.82. The van der Waals surface area contributed by atoms with Gasteiger partial charge in [-0.2, -0.15) is 0 Å². The molecule has 0 spiro atoms. The number of hydrogen-bond donors (Lipinski definition) is 1. The minimum Gasteiger partial charge on any atom is -0.384 e. The molecule has 31 heavy (non-hydrogen) atoms. The highest BCUT2D eigenvalue weighted by Crippen LogP contribution is 2.37. The van der Waals surface area contributed by atoms with E-state index >= 15 is 0 Å². The second-order valence-corrected chi connectivity index (χ2v) is 10.1. The fourth-order valence-corrected chi connectivity index (χ4v) is 5.43. The number of likely N-dealkylation sites (N-methyl/N-ethyl adjacent to an activating group) is 1. The third-order valence-corrected chi connectivity index (χ3v) is 7.96. The highest BCUT2D eigenvalue weighted by molar-refractivity contribution is 5.76. The van der Waals surface area contributed by atoms with Crippen LogP contribution in [0.25, 0.3) is 0 Å². The highest BCUT2D eigenvalue weighted by atomic mass is 16.2. The number of fused-ring (bicyclic) bond motifs is 1. The van der Waals surface area contributed by atoms with E-state index in [-0.39, 0.29) is 5.91 Å². The molecule has 2 aliphatic heterocycles. The summed E-state index contributed by atoms with van der Waals surface area (Å²) < 4.78 is 0. The van der Waals surface area contributed by atoms with Crippen molar-refractivity contribution in [2.24, 2.45) is 5.92 Å². The average molecular weight is 429 g/mol. The Balaban J connectivity index is 1.43. The third-order valence-electron chi connectivity index (χ3n) is 7.96. The van der Waals surface area contributed by atoms with E-state index in [0.717, 1.165) is 32.7 Å². The van der Waals surface area contributed by atoms with Gasteiger partial charge in [-0.3, -0.25) is 4.79 Å². The van der Waals surface area contributed by atoms with E-state index in [4.69, 9.17) is 0 Å². The molecule has 1 N–H and O–H groups in total. The summed E-state index contributed by atoms with van der Waals surface area (Å²) in [6, 6.07) is 8.52. The molecule has 2 atom stereocenters. The van der Waals surface area contributed by atoms with Crippen LogP contribution in [0.1, 0.15) is 63.9 Å². The molecule has 3 rings (SSSR count). The number of benzene rings is 1. The molecule has 2 unspecified atom stereocenters. The Kier molecular flexibility index (Phi) is 8.40. The quantitative estimate of drug-likeness (QED) is 0.604. The van der Waals surface area contributed by atoms with E-state index < -0.39 is 0 Å². The van der Waals surface area contributed by atoms with Crippen LogP contribution in [-0.4, -0.2) is 80.0 Å². The molecule has 1 aromatic carbocycles. The number of likely N-dealkylation sites (tertiary alicyclic amines) is 1. The first-order valence-corrected chi connectivity index (χ1v) is 12.3. The molecule has 1 saturated heterocycles. The second-order valence-electron chi connectivity index (χ2n) is 10.1. The molecular weight excluding hydrogens is 384 g/mol. The number of nitrogens with zero attached hydrogens (tertiary/aromatic N) is 3. The highest BCUT2D eigenvalue weighted by Gasteiger charge is 2.36. The monoisotopic (exact) mass is 428 g/mol. The molecule has 0 bridgehead atoms. The standard InChI is InChI=1S/C26H44N4O/c1-6-7-12-26(28(3)4)13-15-30(16-14-26)18-17-29(5)25(31)19-21(2)23-20-27-24-11-9-8-10-22(23)24/h8-11,21,23,27H,6-7,12-20H2,1-5H3. The Morgan fingerprint density at radius 1 is 1.23 bits per heavy atom. The van der Waals surface area contributed by atoms with Crippen LogP contribution in [-0.2, 0) is 4.79 Å². The molecule has 0 radical (unpaired) electrons. The summed E-state index contributed by atoms with van der Waals surface area (Å²) in [6.45, 7) is 9.56. The molecule has 1 amide bonds. The van der Waals surface area contributed by atoms with E-state index in [9.17, 15) is 4.79 Å². The van der Waals surface area contributed by atoms with E-state index in [0.29, 0.717) is 23.8 Å². The SMILES string of the molecule is CCCCC1(N(C)C)CCN(CCN(C)C(=O)CC(C)C2CNc3ccccc32)CC1. The zero-order valence-electron chi connectivity index (χ0n) is 20.5. The molecule has 2 aliphatic rings. The van der Waals surface area contributed by atoms with Crippen LogP contribution in [0.4, 0.5) is 5.69 Å². The van der Waals surface area contributed by atoms with Crippen molar-refractivity contribution in [2.45, 2.75) is 63.8 Å². The molecule has 174 valence electrons. The number of carbonyl (C=O) groups excluding carboxylic acids is 1. The number of anilines is 1. The third kappa shape index (κ3) is 5.81. The smallest absolute Gasteiger partial charge is 0.222 e. The lowest BCUT2D eigenvalue weighted by Crippen LogP contribution is -2.53. The van der Waals surface area contributed by atoms with Crippen LogP contribution in [0, 0.1) is 5.92 Å². The van der Waals surface area contributed by atoms with Gasteiger partial charge in [0.25, 0.3) is 0 Å². The number of nitrogens with one attached hydrogen (secondary N) is 1. The van der Waals surface area contributed by atoms with Gasteiger partial charge >= 0.3 is 0 Å². The Bertz CT molecular complexity index is 711. The fourth-order valence-electron chi connectivity index (χ4n) is 5.43. The number of amides is 1. The largest absolute Gasteiger partial charge is 0.384 e. The summed E-state index contributed by atoms with van der Waals surface area (Å²) in [6.07, 6.45) is 6.99. The number of rotatable bonds is 10. The topological polar surface area (TPSA) is 38.8 Å². The molecule has 2 heterocycles. The number of unbranched alkanes of at least 4 members (excludes halogenated alkanes) is 1. The number of piperidine rings is 1. The maximum Gasteiger partial charge on any atom is 0.222 e. The summed E-state index contributed by atoms with van der Waals surface area (Å²) >= 11 is 0. The Morgan fingerprint density at radius 2 is 1.94 bits per heavy atom. The van der Waals surface area contributed by atoms with Crippen LogP contribution >= 0.6 is 0 Å². The fraction of sp³-hybridized carbons (Fsp3) is 0.731. The first-order chi connectivity index (χ1) is 14.9. The summed E-state index contributed by atoms with van der Waals surface area (Å²) in [7, 11) is 6.47. The van der Waals surface area contributed by atoms with Crippen molar-refractivity contribution in [3.8, 4) is 0 Å². The van der Waals surface area contributed by atoms with Gasteiger partial charge in [0, 0.05) is 50.2 Å². The van der Waals surface area contributed by atoms with Crippen LogP contribution in [0.2, 0.25) is 0 Å². The van der Waals surface area contributed by atoms with Crippen LogP contribution < -0.4 is 5.32 Å². The molecule has 5 nitrogen and oxygen atoms in total. The maximum atomic E-state index is 12.9. The average Bonchev–Trinajstić information content (AvgIpc) is 3.21. The predicted molar refractivity (Wildman–Crippen MR) is 131 cm³/mol. The summed E-state index contributed by atoms with van der Waals surface area (Å²) in [4.78, 5) is 19.9. The van der Waals surface area contributed by atoms with Gasteiger partial charge in [0.1, 0.15) is 0 Å². The first kappa shape index (κ1) is 24.1. The van der Waals surface area contributed by atoms with Gasteiger partial charge in [-0.1, -0.05) is 44.9 Å². The summed E-state index contributed by atoms with van der Waals surface area (Å²) in [5.74, 6) is 1.05. The Hall–Kier alpha value is -1.59. The van der Waals surface area contributed by atoms with Gasteiger partial charge in [0.2, 0.25) is 5.91 Å². The van der Waals surface area contributed by atoms with Gasteiger partial charge < -0.3 is 20.0 Å². The summed E-state index contributed by atoms with van der Waals surface area (Å²) in [5, 5.41) is 3.49. The van der Waals surface area contributed by atoms with E-state index in [2.05, 4.69) is 67.3 Å². The van der Waals surface area contributed by atoms with Crippen LogP contribution in [0.3, 0.4) is 0 Å². The van der Waals surface area contributed by atoms with E-state index in [1.807, 2.05) is 11.9 Å². The molecular formula is C26H44N4O. The van der Waals surface area contributed by atoms with Gasteiger partial charge in [-0.25, -0.2) is 0 Å². The second kappa shape index (κ2) is 10.8. The molecule has 0 aliphatic carbocycles. The lowest BCUT2D eigenvalue weighted by Gasteiger charge is -2.46. The summed E-state index contributed by atoms with van der Waals surface area (Å²) in [5.41, 5.74) is 2.97. The zero-order chi connectivity index (χ0) is 22.4. The zero-order valence-corrected chi connectivity index (χ0v) is 20.5. The number of carbonyl (C=O) groups is 1. The molecule has 5 heteroatoms. The van der Waals surface area contributed by atoms with Crippen molar-refractivity contribution in [3.63, 3.8) is 0 Å². The molecule has 1 fully saturated rings. The lowest BCUT2D eigenvalue weighted by molar-refractivity contribution is -0.131. The van der Waals surface area contributed by atoms with Crippen LogP contribution in [0.15, 0.2) is 24.3 Å². The van der Waals surface area contributed by atoms with Gasteiger partial charge in [-0.05, 0) is 64.0 Å². The normalized spacial score (nSPS) is 21.5. The Labute approximate surface area is 190 Å². The molecule has 0 aromatic heterocycles. The number of hydrogen-bond acceptors (Lipinski definition) is 4. The maximum absolute atomic E-state index is 12.9. The van der Waals surface area contributed by atoms with E-state index in [1.165, 1.54) is 43.4 Å². The minimum atomic E-state index is 0.277. The van der Waals surface area contributed by atoms with Crippen molar-refractivity contribution < 1.29 is 4.79 Å². The number of para-hydroxylation sites is 1. The van der Waals surface area contributed by atoms with Gasteiger partial charge in [-0.15, -0.1) is 0 Å². The van der Waals surface area contributed by atoms with E-state index in [1.54, 1.807) is 0 Å². The van der Waals surface area contributed by atoms with Crippen molar-refractivity contribution in [1.82, 2.24) is 14.7 Å². The van der Waals surface area contributed by atoms with Crippen molar-refractivity contribution in [2.75, 3.05) is 59.2 Å². The molecule has 0 saturated carbocycles. The Morgan fingerprint density at radius 3 is 2.61 bits per heavy atom. The predicted octanol–water partition coefficient (Wildman–Crippen LogP) is 4.27. The van der Waals surface area contributed by atoms with Crippen molar-refractivity contribution in [1.29, 1.82) is 0 Å². The minimum absolute atomic E-state index is 0.277. The van der Waals surface area contributed by atoms with Gasteiger partial charge in [0.15, 0.2) is 0 Å². The van der Waals surface area contributed by atoms with Crippen molar-refractivity contribution >= 4 is 11.6 Å².